The highest BCUT2D eigenvalue weighted by Gasteiger charge is 2.22. The van der Waals surface area contributed by atoms with Crippen LogP contribution in [0.25, 0.3) is 0 Å². The second kappa shape index (κ2) is 5.65. The third kappa shape index (κ3) is 2.56. The molecule has 1 aromatic rings. The van der Waals surface area contributed by atoms with Crippen LogP contribution in [-0.2, 0) is 7.05 Å². The van der Waals surface area contributed by atoms with Gasteiger partial charge in [-0.1, -0.05) is 0 Å². The van der Waals surface area contributed by atoms with Crippen LogP contribution in [0.3, 0.4) is 0 Å². The van der Waals surface area contributed by atoms with Crippen LogP contribution in [0.5, 0.6) is 0 Å². The van der Waals surface area contributed by atoms with E-state index in [4.69, 9.17) is 0 Å². The fraction of sp³-hybridized carbons (Fsp3) is 0.556. The van der Waals surface area contributed by atoms with Crippen molar-refractivity contribution in [3.05, 3.63) is 16.4 Å². The minimum absolute atomic E-state index is 0. The summed E-state index contributed by atoms with van der Waals surface area (Å²) in [7, 11) is 1.78. The van der Waals surface area contributed by atoms with Gasteiger partial charge < -0.3 is 10.2 Å². The van der Waals surface area contributed by atoms with Crippen molar-refractivity contribution in [2.75, 3.05) is 26.2 Å². The first-order chi connectivity index (χ1) is 7.20. The summed E-state index contributed by atoms with van der Waals surface area (Å²) >= 11 is 3.34. The smallest absolute Gasteiger partial charge is 0.273 e. The molecule has 0 unspecified atom stereocenters. The monoisotopic (exact) mass is 308 g/mol. The summed E-state index contributed by atoms with van der Waals surface area (Å²) in [5.41, 5.74) is 0.622. The molecule has 0 radical (unpaired) electrons. The van der Waals surface area contributed by atoms with Crippen molar-refractivity contribution in [2.45, 2.75) is 0 Å². The number of nitrogens with zero attached hydrogens (tertiary/aromatic N) is 3. The minimum Gasteiger partial charge on any atom is -0.335 e. The summed E-state index contributed by atoms with van der Waals surface area (Å²) in [5, 5.41) is 7.25. The molecule has 1 fully saturated rings. The van der Waals surface area contributed by atoms with Crippen LogP contribution in [0.2, 0.25) is 0 Å². The number of amides is 1. The summed E-state index contributed by atoms with van der Waals surface area (Å²) < 4.78 is 2.36. The first-order valence-electron chi connectivity index (χ1n) is 4.87. The van der Waals surface area contributed by atoms with Gasteiger partial charge in [0.2, 0.25) is 0 Å². The highest BCUT2D eigenvalue weighted by molar-refractivity contribution is 9.10. The number of rotatable bonds is 1. The maximum absolute atomic E-state index is 12.1. The van der Waals surface area contributed by atoms with Gasteiger partial charge in [-0.05, 0) is 15.9 Å². The Morgan fingerprint density at radius 1 is 1.50 bits per heavy atom. The standard InChI is InChI=1S/C9H13BrN4O.ClH/c1-13-8(7(10)6-12-13)9(15)14-4-2-11-3-5-14;/h6,11H,2-5H2,1H3;1H. The van der Waals surface area contributed by atoms with Gasteiger partial charge >= 0.3 is 0 Å². The van der Waals surface area contributed by atoms with Crippen molar-refractivity contribution in [3.8, 4) is 0 Å². The first-order valence-corrected chi connectivity index (χ1v) is 5.67. The Bertz CT molecular complexity index is 356. The minimum atomic E-state index is 0. The zero-order chi connectivity index (χ0) is 10.8. The Morgan fingerprint density at radius 2 is 2.12 bits per heavy atom. The number of carbonyl (C=O) groups is 1. The number of piperazine rings is 1. The third-order valence-corrected chi connectivity index (χ3v) is 3.08. The average Bonchev–Trinajstić information content (AvgIpc) is 2.59. The van der Waals surface area contributed by atoms with Gasteiger partial charge in [0.15, 0.2) is 0 Å². The maximum Gasteiger partial charge on any atom is 0.273 e. The van der Waals surface area contributed by atoms with Gasteiger partial charge in [-0.15, -0.1) is 12.4 Å². The fourth-order valence-corrected chi connectivity index (χ4v) is 2.19. The van der Waals surface area contributed by atoms with E-state index in [0.29, 0.717) is 5.69 Å². The second-order valence-corrected chi connectivity index (χ2v) is 4.36. The Labute approximate surface area is 109 Å². The molecule has 0 aromatic carbocycles. The second-order valence-electron chi connectivity index (χ2n) is 3.51. The summed E-state index contributed by atoms with van der Waals surface area (Å²) in [6, 6.07) is 0. The lowest BCUT2D eigenvalue weighted by Gasteiger charge is -2.27. The average molecular weight is 310 g/mol. The van der Waals surface area contributed by atoms with E-state index in [0.717, 1.165) is 30.7 Å². The number of aromatic nitrogens is 2. The molecular formula is C9H14BrClN4O. The van der Waals surface area contributed by atoms with Crippen molar-refractivity contribution in [1.82, 2.24) is 20.0 Å². The number of hydrogen-bond donors (Lipinski definition) is 1. The molecule has 2 rings (SSSR count). The quantitative estimate of drug-likeness (QED) is 0.829. The van der Waals surface area contributed by atoms with Crippen molar-refractivity contribution in [2.24, 2.45) is 7.05 Å². The van der Waals surface area contributed by atoms with Gasteiger partial charge in [0.25, 0.3) is 5.91 Å². The van der Waals surface area contributed by atoms with E-state index < -0.39 is 0 Å². The van der Waals surface area contributed by atoms with Crippen molar-refractivity contribution in [1.29, 1.82) is 0 Å². The lowest BCUT2D eigenvalue weighted by molar-refractivity contribution is 0.0723. The van der Waals surface area contributed by atoms with Gasteiger partial charge in [-0.25, -0.2) is 0 Å². The zero-order valence-corrected chi connectivity index (χ0v) is 11.3. The Hall–Kier alpha value is -0.590. The van der Waals surface area contributed by atoms with Crippen LogP contribution < -0.4 is 5.32 Å². The largest absolute Gasteiger partial charge is 0.335 e. The van der Waals surface area contributed by atoms with E-state index >= 15 is 0 Å². The summed E-state index contributed by atoms with van der Waals surface area (Å²) in [4.78, 5) is 14.0. The molecule has 1 aliphatic heterocycles. The van der Waals surface area contributed by atoms with Crippen LogP contribution in [0.4, 0.5) is 0 Å². The SMILES string of the molecule is Cl.Cn1ncc(Br)c1C(=O)N1CCNCC1. The highest BCUT2D eigenvalue weighted by Crippen LogP contribution is 2.17. The van der Waals surface area contributed by atoms with Gasteiger partial charge in [0, 0.05) is 33.2 Å². The summed E-state index contributed by atoms with van der Waals surface area (Å²) in [6.07, 6.45) is 1.65. The van der Waals surface area contributed by atoms with Crippen molar-refractivity contribution in [3.63, 3.8) is 0 Å². The van der Waals surface area contributed by atoms with Gasteiger partial charge in [-0.2, -0.15) is 5.10 Å². The Balaban J connectivity index is 0.00000128. The van der Waals surface area contributed by atoms with E-state index in [1.807, 2.05) is 4.90 Å². The molecule has 7 heteroatoms. The molecule has 0 atom stereocenters. The van der Waals surface area contributed by atoms with Crippen LogP contribution in [-0.4, -0.2) is 46.8 Å². The molecule has 0 bridgehead atoms. The predicted octanol–water partition coefficient (Wildman–Crippen LogP) is 0.650. The van der Waals surface area contributed by atoms with E-state index in [1.165, 1.54) is 0 Å². The molecule has 0 saturated carbocycles. The normalized spacial score (nSPS) is 15.8. The number of nitrogens with one attached hydrogen (secondary N) is 1. The molecule has 0 aliphatic carbocycles. The highest BCUT2D eigenvalue weighted by atomic mass is 79.9. The first kappa shape index (κ1) is 13.5. The zero-order valence-electron chi connectivity index (χ0n) is 8.94. The molecule has 2 heterocycles. The molecule has 1 saturated heterocycles. The molecule has 1 N–H and O–H groups in total. The number of carbonyl (C=O) groups excluding carboxylic acids is 1. The maximum atomic E-state index is 12.1. The third-order valence-electron chi connectivity index (χ3n) is 2.50. The molecule has 0 spiro atoms. The molecule has 5 nitrogen and oxygen atoms in total. The molecule has 16 heavy (non-hydrogen) atoms. The summed E-state index contributed by atoms with van der Waals surface area (Å²) in [6.45, 7) is 3.25. The van der Waals surface area contributed by atoms with Crippen molar-refractivity contribution < 1.29 is 4.79 Å². The lowest BCUT2D eigenvalue weighted by atomic mass is 10.3. The van der Waals surface area contributed by atoms with Crippen LogP contribution in [0, 0.1) is 0 Å². The number of aryl methyl sites for hydroxylation is 1. The number of hydrogen-bond acceptors (Lipinski definition) is 3. The van der Waals surface area contributed by atoms with Gasteiger partial charge in [-0.3, -0.25) is 9.48 Å². The van der Waals surface area contributed by atoms with Crippen LogP contribution in [0.15, 0.2) is 10.7 Å². The number of halogens is 2. The predicted molar refractivity (Wildman–Crippen MR) is 66.9 cm³/mol. The Morgan fingerprint density at radius 3 is 2.62 bits per heavy atom. The van der Waals surface area contributed by atoms with E-state index in [1.54, 1.807) is 17.9 Å². The molecule has 1 aromatic heterocycles. The molecule has 1 aliphatic rings. The lowest BCUT2D eigenvalue weighted by Crippen LogP contribution is -2.46. The topological polar surface area (TPSA) is 50.2 Å². The van der Waals surface area contributed by atoms with Crippen LogP contribution >= 0.6 is 28.3 Å². The van der Waals surface area contributed by atoms with Crippen molar-refractivity contribution >= 4 is 34.2 Å². The molecular weight excluding hydrogens is 295 g/mol. The van der Waals surface area contributed by atoms with E-state index in [-0.39, 0.29) is 18.3 Å². The van der Waals surface area contributed by atoms with E-state index in [2.05, 4.69) is 26.3 Å². The van der Waals surface area contributed by atoms with E-state index in [9.17, 15) is 4.79 Å². The molecule has 1 amide bonds. The Kier molecular flexibility index (Phi) is 4.76. The fourth-order valence-electron chi connectivity index (χ4n) is 1.67. The van der Waals surface area contributed by atoms with Crippen LogP contribution in [0.1, 0.15) is 10.5 Å². The van der Waals surface area contributed by atoms with Gasteiger partial charge in [0.05, 0.1) is 10.7 Å². The molecule has 90 valence electrons. The summed E-state index contributed by atoms with van der Waals surface area (Å²) in [5.74, 6) is 0.0448. The van der Waals surface area contributed by atoms with Gasteiger partial charge in [0.1, 0.15) is 5.69 Å².